The SMILES string of the molecule is CCOc1ccc(-n2c(C)c(C)[n+]3c2N=C2C3C(=O)N(C)C(=O)N2C)cc1. The molecule has 8 nitrogen and oxygen atoms in total. The Morgan fingerprint density at radius 1 is 1.11 bits per heavy atom. The number of carbonyl (C=O) groups is 2. The average molecular weight is 368 g/mol. The average Bonchev–Trinajstić information content (AvgIpc) is 3.15. The Morgan fingerprint density at radius 2 is 1.78 bits per heavy atom. The first kappa shape index (κ1) is 17.3. The minimum atomic E-state index is -0.615. The molecule has 2 aliphatic rings. The molecule has 1 atom stereocenters. The van der Waals surface area contributed by atoms with E-state index in [1.165, 1.54) is 11.9 Å². The number of imidazole rings is 1. The summed E-state index contributed by atoms with van der Waals surface area (Å²) in [5, 5.41) is 0. The van der Waals surface area contributed by atoms with Crippen molar-refractivity contribution in [3.8, 4) is 11.4 Å². The van der Waals surface area contributed by atoms with E-state index in [4.69, 9.17) is 4.74 Å². The van der Waals surface area contributed by atoms with Crippen molar-refractivity contribution in [2.45, 2.75) is 26.8 Å². The fourth-order valence-electron chi connectivity index (χ4n) is 3.68. The molecule has 8 heteroatoms. The van der Waals surface area contributed by atoms with Crippen LogP contribution in [0.1, 0.15) is 24.4 Å². The fourth-order valence-corrected chi connectivity index (χ4v) is 3.68. The predicted octanol–water partition coefficient (Wildman–Crippen LogP) is 1.89. The molecular formula is C19H22N5O3+. The molecule has 1 unspecified atom stereocenters. The fraction of sp³-hybridized carbons (Fsp3) is 0.368. The topological polar surface area (TPSA) is 71.0 Å². The molecule has 140 valence electrons. The van der Waals surface area contributed by atoms with Gasteiger partial charge in [-0.05, 0) is 45.0 Å². The lowest BCUT2D eigenvalue weighted by molar-refractivity contribution is -0.682. The molecule has 0 aliphatic carbocycles. The molecule has 0 radical (unpaired) electrons. The van der Waals surface area contributed by atoms with Crippen LogP contribution in [-0.2, 0) is 4.79 Å². The minimum absolute atomic E-state index is 0.271. The van der Waals surface area contributed by atoms with Gasteiger partial charge in [-0.2, -0.15) is 4.57 Å². The number of ether oxygens (including phenoxy) is 1. The highest BCUT2D eigenvalue weighted by Crippen LogP contribution is 2.32. The van der Waals surface area contributed by atoms with Crippen molar-refractivity contribution in [3.63, 3.8) is 0 Å². The van der Waals surface area contributed by atoms with Crippen molar-refractivity contribution in [1.82, 2.24) is 14.4 Å². The summed E-state index contributed by atoms with van der Waals surface area (Å²) >= 11 is 0. The van der Waals surface area contributed by atoms with Gasteiger partial charge >= 0.3 is 12.0 Å². The van der Waals surface area contributed by atoms with Crippen LogP contribution in [0.5, 0.6) is 5.75 Å². The highest BCUT2D eigenvalue weighted by Gasteiger charge is 2.53. The number of hydrogen-bond donors (Lipinski definition) is 0. The normalized spacial score (nSPS) is 18.6. The molecule has 0 N–H and O–H groups in total. The highest BCUT2D eigenvalue weighted by molar-refractivity contribution is 6.18. The summed E-state index contributed by atoms with van der Waals surface area (Å²) in [6.45, 7) is 6.52. The smallest absolute Gasteiger partial charge is 0.407 e. The molecule has 3 heterocycles. The van der Waals surface area contributed by atoms with E-state index in [0.29, 0.717) is 18.4 Å². The Morgan fingerprint density at radius 3 is 2.41 bits per heavy atom. The number of amides is 3. The molecule has 0 saturated carbocycles. The van der Waals surface area contributed by atoms with Gasteiger partial charge in [-0.3, -0.25) is 14.6 Å². The van der Waals surface area contributed by atoms with Crippen LogP contribution in [0.3, 0.4) is 0 Å². The second kappa shape index (κ2) is 5.94. The molecule has 4 rings (SSSR count). The van der Waals surface area contributed by atoms with Gasteiger partial charge in [0.05, 0.1) is 6.61 Å². The second-order valence-corrected chi connectivity index (χ2v) is 6.71. The van der Waals surface area contributed by atoms with E-state index in [-0.39, 0.29) is 11.9 Å². The summed E-state index contributed by atoms with van der Waals surface area (Å²) in [6, 6.07) is 6.76. The van der Waals surface area contributed by atoms with Crippen molar-refractivity contribution < 1.29 is 18.9 Å². The first-order valence-corrected chi connectivity index (χ1v) is 8.87. The molecule has 3 amide bonds. The lowest BCUT2D eigenvalue weighted by Gasteiger charge is -2.30. The van der Waals surface area contributed by atoms with E-state index in [2.05, 4.69) is 4.99 Å². The summed E-state index contributed by atoms with van der Waals surface area (Å²) in [5.74, 6) is 1.63. The molecule has 0 bridgehead atoms. The van der Waals surface area contributed by atoms with E-state index >= 15 is 0 Å². The number of carbonyl (C=O) groups excluding carboxylic acids is 2. The lowest BCUT2D eigenvalue weighted by Crippen LogP contribution is -2.62. The van der Waals surface area contributed by atoms with Crippen molar-refractivity contribution in [2.24, 2.45) is 4.99 Å². The first-order chi connectivity index (χ1) is 12.9. The third-order valence-corrected chi connectivity index (χ3v) is 5.24. The number of benzene rings is 1. The van der Waals surface area contributed by atoms with Crippen LogP contribution in [-0.4, -0.2) is 52.8 Å². The number of urea groups is 1. The van der Waals surface area contributed by atoms with Crippen molar-refractivity contribution in [2.75, 3.05) is 20.7 Å². The monoisotopic (exact) mass is 368 g/mol. The van der Waals surface area contributed by atoms with Gasteiger partial charge in [0.25, 0.3) is 5.91 Å². The van der Waals surface area contributed by atoms with Crippen molar-refractivity contribution in [3.05, 3.63) is 35.7 Å². The number of aliphatic imine (C=N–C) groups is 1. The molecule has 1 fully saturated rings. The Hall–Kier alpha value is -3.16. The molecule has 0 spiro atoms. The second-order valence-electron chi connectivity index (χ2n) is 6.71. The molecule has 2 aliphatic heterocycles. The van der Waals surface area contributed by atoms with Gasteiger partial charge in [-0.1, -0.05) is 4.99 Å². The van der Waals surface area contributed by atoms with Crippen LogP contribution in [0.2, 0.25) is 0 Å². The van der Waals surface area contributed by atoms with Crippen molar-refractivity contribution >= 4 is 23.7 Å². The number of imide groups is 1. The standard InChI is InChI=1S/C19H22N5O3/c1-6-27-14-9-7-13(8-10-14)23-11(2)12(3)24-15-16(20-18(23)24)21(4)19(26)22(5)17(15)25/h7-10,15H,6H2,1-5H3/q+1. The Kier molecular flexibility index (Phi) is 3.80. The van der Waals surface area contributed by atoms with Crippen LogP contribution >= 0.6 is 0 Å². The number of aromatic nitrogens is 2. The summed E-state index contributed by atoms with van der Waals surface area (Å²) in [6.07, 6.45) is 0. The summed E-state index contributed by atoms with van der Waals surface area (Å²) in [7, 11) is 3.15. The number of likely N-dealkylation sites (N-methyl/N-ethyl adjacent to an activating group) is 2. The lowest BCUT2D eigenvalue weighted by atomic mass is 10.1. The zero-order valence-electron chi connectivity index (χ0n) is 16.1. The predicted molar refractivity (Wildman–Crippen MR) is 98.7 cm³/mol. The zero-order chi connectivity index (χ0) is 19.5. The van der Waals surface area contributed by atoms with Gasteiger partial charge in [-0.15, -0.1) is 0 Å². The summed E-state index contributed by atoms with van der Waals surface area (Å²) in [5.41, 5.74) is 2.85. The number of rotatable bonds is 3. The minimum Gasteiger partial charge on any atom is -0.494 e. The van der Waals surface area contributed by atoms with Gasteiger partial charge in [-0.25, -0.2) is 9.36 Å². The quantitative estimate of drug-likeness (QED) is 0.777. The number of fused-ring (bicyclic) bond motifs is 3. The maximum atomic E-state index is 12.8. The Balaban J connectivity index is 1.87. The number of hydrogen-bond acceptors (Lipinski definition) is 4. The van der Waals surface area contributed by atoms with Crippen LogP contribution in [0.15, 0.2) is 29.3 Å². The van der Waals surface area contributed by atoms with E-state index in [9.17, 15) is 9.59 Å². The summed E-state index contributed by atoms with van der Waals surface area (Å²) in [4.78, 5) is 32.3. The van der Waals surface area contributed by atoms with Crippen LogP contribution in [0.25, 0.3) is 5.69 Å². The van der Waals surface area contributed by atoms with Gasteiger partial charge in [0.15, 0.2) is 0 Å². The van der Waals surface area contributed by atoms with Crippen LogP contribution < -0.4 is 9.30 Å². The molecule has 1 aromatic carbocycles. The third kappa shape index (κ3) is 2.29. The van der Waals surface area contributed by atoms with Gasteiger partial charge in [0, 0.05) is 14.1 Å². The van der Waals surface area contributed by atoms with E-state index in [1.807, 2.05) is 54.2 Å². The maximum Gasteiger partial charge on any atom is 0.407 e. The third-order valence-electron chi connectivity index (χ3n) is 5.24. The van der Waals surface area contributed by atoms with Crippen LogP contribution in [0, 0.1) is 13.8 Å². The van der Waals surface area contributed by atoms with Gasteiger partial charge in [0.2, 0.25) is 11.9 Å². The van der Waals surface area contributed by atoms with Crippen molar-refractivity contribution in [1.29, 1.82) is 0 Å². The Bertz CT molecular complexity index is 990. The molecule has 1 aromatic heterocycles. The van der Waals surface area contributed by atoms with Gasteiger partial charge in [0.1, 0.15) is 22.8 Å². The molecule has 2 aromatic rings. The maximum absolute atomic E-state index is 12.8. The largest absolute Gasteiger partial charge is 0.494 e. The van der Waals surface area contributed by atoms with Gasteiger partial charge < -0.3 is 4.74 Å². The van der Waals surface area contributed by atoms with E-state index in [1.54, 1.807) is 7.05 Å². The number of amidine groups is 1. The van der Waals surface area contributed by atoms with Crippen LogP contribution in [0.4, 0.5) is 10.7 Å². The molecular weight excluding hydrogens is 346 g/mol. The molecule has 1 saturated heterocycles. The van der Waals surface area contributed by atoms with E-state index < -0.39 is 6.04 Å². The number of nitrogens with zero attached hydrogens (tertiary/aromatic N) is 5. The zero-order valence-corrected chi connectivity index (χ0v) is 16.1. The molecule has 27 heavy (non-hydrogen) atoms. The van der Waals surface area contributed by atoms with E-state index in [0.717, 1.165) is 27.7 Å². The summed E-state index contributed by atoms with van der Waals surface area (Å²) < 4.78 is 9.42. The Labute approximate surface area is 157 Å². The first-order valence-electron chi connectivity index (χ1n) is 8.87. The highest BCUT2D eigenvalue weighted by atomic mass is 16.5.